The predicted octanol–water partition coefficient (Wildman–Crippen LogP) is 10.0. The molecule has 0 bridgehead atoms. The Morgan fingerprint density at radius 1 is 0.409 bits per heavy atom. The smallest absolute Gasteiger partial charge is 0.161 e. The van der Waals surface area contributed by atoms with Gasteiger partial charge in [-0.25, -0.2) is 19.9 Å². The topological polar surface area (TPSA) is 51.6 Å². The van der Waals surface area contributed by atoms with Gasteiger partial charge in [0, 0.05) is 28.3 Å². The maximum Gasteiger partial charge on any atom is 0.161 e. The van der Waals surface area contributed by atoms with Crippen molar-refractivity contribution in [2.24, 2.45) is 0 Å². The predicted molar refractivity (Wildman–Crippen MR) is 181 cm³/mol. The molecule has 0 unspecified atom stereocenters. The van der Waals surface area contributed by atoms with Crippen molar-refractivity contribution in [3.05, 3.63) is 146 Å². The SMILES string of the molecule is c1ccc2cc3cc(-c4cc(-c5ccc6cc7ccccc7cc6c5)nc(-c5cccc6ncncc56)n4)ccc3cc2c1. The van der Waals surface area contributed by atoms with Crippen LogP contribution in [-0.4, -0.2) is 19.9 Å². The maximum absolute atomic E-state index is 5.16. The summed E-state index contributed by atoms with van der Waals surface area (Å²) in [6, 6.07) is 47.3. The van der Waals surface area contributed by atoms with Crippen LogP contribution in [0.1, 0.15) is 0 Å². The largest absolute Gasteiger partial charge is 0.244 e. The fourth-order valence-electron chi connectivity index (χ4n) is 6.26. The van der Waals surface area contributed by atoms with E-state index in [0.29, 0.717) is 5.82 Å². The Hall–Kier alpha value is -6.00. The van der Waals surface area contributed by atoms with Gasteiger partial charge in [0.15, 0.2) is 5.82 Å². The average Bonchev–Trinajstić information content (AvgIpc) is 3.09. The van der Waals surface area contributed by atoms with Crippen molar-refractivity contribution in [1.29, 1.82) is 0 Å². The summed E-state index contributed by atoms with van der Waals surface area (Å²) >= 11 is 0. The van der Waals surface area contributed by atoms with Gasteiger partial charge >= 0.3 is 0 Å². The van der Waals surface area contributed by atoms with Gasteiger partial charge < -0.3 is 0 Å². The monoisotopic (exact) mass is 560 g/mol. The number of nitrogens with zero attached hydrogens (tertiary/aromatic N) is 4. The molecule has 0 N–H and O–H groups in total. The summed E-state index contributed by atoms with van der Waals surface area (Å²) in [6.07, 6.45) is 3.42. The summed E-state index contributed by atoms with van der Waals surface area (Å²) in [5.74, 6) is 0.648. The molecule has 4 heteroatoms. The molecule has 7 aromatic carbocycles. The highest BCUT2D eigenvalue weighted by Gasteiger charge is 2.14. The van der Waals surface area contributed by atoms with Crippen molar-refractivity contribution < 1.29 is 0 Å². The number of hydrogen-bond donors (Lipinski definition) is 0. The summed E-state index contributed by atoms with van der Waals surface area (Å²) in [6.45, 7) is 0. The van der Waals surface area contributed by atoms with Crippen molar-refractivity contribution in [3.8, 4) is 33.9 Å². The molecule has 0 saturated heterocycles. The Morgan fingerprint density at radius 3 is 1.50 bits per heavy atom. The zero-order valence-corrected chi connectivity index (χ0v) is 23.6. The van der Waals surface area contributed by atoms with Gasteiger partial charge in [0.2, 0.25) is 0 Å². The van der Waals surface area contributed by atoms with E-state index in [2.05, 4.69) is 125 Å². The van der Waals surface area contributed by atoms with Gasteiger partial charge in [-0.2, -0.15) is 0 Å². The van der Waals surface area contributed by atoms with Gasteiger partial charge in [-0.05, 0) is 91.6 Å². The Balaban J connectivity index is 1.27. The van der Waals surface area contributed by atoms with Crippen LogP contribution in [-0.2, 0) is 0 Å². The quantitative estimate of drug-likeness (QED) is 0.202. The molecule has 0 amide bonds. The molecular formula is C40H24N4. The van der Waals surface area contributed by atoms with E-state index in [-0.39, 0.29) is 0 Å². The summed E-state index contributed by atoms with van der Waals surface area (Å²) < 4.78 is 0. The highest BCUT2D eigenvalue weighted by molar-refractivity contribution is 6.01. The minimum atomic E-state index is 0.648. The Morgan fingerprint density at radius 2 is 0.932 bits per heavy atom. The highest BCUT2D eigenvalue weighted by atomic mass is 14.9. The van der Waals surface area contributed by atoms with Crippen LogP contribution in [0.5, 0.6) is 0 Å². The van der Waals surface area contributed by atoms with Crippen molar-refractivity contribution in [3.63, 3.8) is 0 Å². The third-order valence-electron chi connectivity index (χ3n) is 8.52. The van der Waals surface area contributed by atoms with Crippen molar-refractivity contribution in [2.75, 3.05) is 0 Å². The minimum absolute atomic E-state index is 0.648. The van der Waals surface area contributed by atoms with Gasteiger partial charge in [-0.1, -0.05) is 84.9 Å². The zero-order valence-electron chi connectivity index (χ0n) is 23.6. The van der Waals surface area contributed by atoms with Gasteiger partial charge in [0.1, 0.15) is 6.33 Å². The summed E-state index contributed by atoms with van der Waals surface area (Å²) in [5, 5.41) is 10.6. The highest BCUT2D eigenvalue weighted by Crippen LogP contribution is 2.34. The molecule has 0 saturated carbocycles. The number of benzene rings is 7. The van der Waals surface area contributed by atoms with Crippen LogP contribution >= 0.6 is 0 Å². The van der Waals surface area contributed by atoms with E-state index in [1.807, 2.05) is 24.4 Å². The van der Waals surface area contributed by atoms with E-state index in [9.17, 15) is 0 Å². The third kappa shape index (κ3) is 4.16. The van der Waals surface area contributed by atoms with Gasteiger partial charge in [-0.15, -0.1) is 0 Å². The van der Waals surface area contributed by atoms with Crippen LogP contribution in [0.15, 0.2) is 146 Å². The third-order valence-corrected chi connectivity index (χ3v) is 8.52. The standard InChI is InChI=1S/C40H24N4/c1-3-8-27-18-33-20-31(14-12-29(33)16-25(27)6-1)38-22-39(44-40(43-38)35-10-5-11-37-36(35)23-41-24-42-37)32-15-13-30-17-26-7-2-4-9-28(26)19-34(30)21-32/h1-24H. The summed E-state index contributed by atoms with van der Waals surface area (Å²) in [4.78, 5) is 19.1. The van der Waals surface area contributed by atoms with E-state index in [0.717, 1.165) is 39.0 Å². The van der Waals surface area contributed by atoms with Crippen LogP contribution in [0.25, 0.3) is 87.9 Å². The van der Waals surface area contributed by atoms with Gasteiger partial charge in [0.25, 0.3) is 0 Å². The molecule has 0 fully saturated rings. The molecular weight excluding hydrogens is 536 g/mol. The number of fused-ring (bicyclic) bond motifs is 5. The molecule has 0 atom stereocenters. The fourth-order valence-corrected chi connectivity index (χ4v) is 6.26. The minimum Gasteiger partial charge on any atom is -0.244 e. The molecule has 44 heavy (non-hydrogen) atoms. The second kappa shape index (κ2) is 9.79. The van der Waals surface area contributed by atoms with Gasteiger partial charge in [-0.3, -0.25) is 0 Å². The van der Waals surface area contributed by atoms with Crippen LogP contribution in [0.2, 0.25) is 0 Å². The molecule has 0 aliphatic carbocycles. The van der Waals surface area contributed by atoms with Crippen molar-refractivity contribution in [2.45, 2.75) is 0 Å². The molecule has 9 rings (SSSR count). The first-order valence-electron chi connectivity index (χ1n) is 14.7. The lowest BCUT2D eigenvalue weighted by molar-refractivity contribution is 1.18. The lowest BCUT2D eigenvalue weighted by Gasteiger charge is -2.12. The molecule has 2 heterocycles. The van der Waals surface area contributed by atoms with E-state index >= 15 is 0 Å². The average molecular weight is 561 g/mol. The van der Waals surface area contributed by atoms with E-state index in [4.69, 9.17) is 9.97 Å². The van der Waals surface area contributed by atoms with Crippen molar-refractivity contribution in [1.82, 2.24) is 19.9 Å². The van der Waals surface area contributed by atoms with Crippen LogP contribution in [0.3, 0.4) is 0 Å². The summed E-state index contributed by atoms with van der Waals surface area (Å²) in [5.41, 5.74) is 5.59. The fraction of sp³-hybridized carbons (Fsp3) is 0. The lowest BCUT2D eigenvalue weighted by atomic mass is 9.98. The number of aromatic nitrogens is 4. The zero-order chi connectivity index (χ0) is 29.0. The van der Waals surface area contributed by atoms with E-state index in [1.54, 1.807) is 6.33 Å². The molecule has 0 spiro atoms. The first-order chi connectivity index (χ1) is 21.7. The Labute approximate surface area is 253 Å². The van der Waals surface area contributed by atoms with E-state index < -0.39 is 0 Å². The lowest BCUT2D eigenvalue weighted by Crippen LogP contribution is -1.97. The molecule has 0 aliphatic rings. The Kier molecular flexibility index (Phi) is 5.47. The molecule has 0 aliphatic heterocycles. The molecule has 0 radical (unpaired) electrons. The van der Waals surface area contributed by atoms with Crippen LogP contribution in [0.4, 0.5) is 0 Å². The molecule has 204 valence electrons. The Bertz CT molecular complexity index is 2430. The second-order valence-corrected chi connectivity index (χ2v) is 11.2. The van der Waals surface area contributed by atoms with Crippen LogP contribution < -0.4 is 0 Å². The second-order valence-electron chi connectivity index (χ2n) is 11.2. The normalized spacial score (nSPS) is 11.6. The number of rotatable bonds is 3. The summed E-state index contributed by atoms with van der Waals surface area (Å²) in [7, 11) is 0. The molecule has 2 aromatic heterocycles. The van der Waals surface area contributed by atoms with E-state index in [1.165, 1.54) is 43.1 Å². The maximum atomic E-state index is 5.16. The first kappa shape index (κ1) is 24.6. The van der Waals surface area contributed by atoms with Gasteiger partial charge in [0.05, 0.1) is 16.9 Å². The first-order valence-corrected chi connectivity index (χ1v) is 14.7. The molecule has 9 aromatic rings. The van der Waals surface area contributed by atoms with Crippen LogP contribution in [0, 0.1) is 0 Å². The molecule has 4 nitrogen and oxygen atoms in total. The van der Waals surface area contributed by atoms with Crippen molar-refractivity contribution >= 4 is 54.0 Å². The number of hydrogen-bond acceptors (Lipinski definition) is 4.